The Balaban J connectivity index is 1.82. The number of rotatable bonds is 9. The maximum Gasteiger partial charge on any atom is 0.223 e. The average molecular weight is 364 g/mol. The standard InChI is InChI=1S/C20H32N2O4/c1-4-11-26-17-8-5-14(12-19(17)25-3)9-10-22-20(23)15-6-7-16(21)18(13-15)24-2/h5,8,12,15-16,18H,4,6-7,9-11,13,21H2,1-3H3,(H,22,23)/t15-,16-,18-/m0/s1. The lowest BCUT2D eigenvalue weighted by Gasteiger charge is -2.32. The summed E-state index contributed by atoms with van der Waals surface area (Å²) in [5, 5.41) is 3.04. The van der Waals surface area contributed by atoms with Crippen molar-refractivity contribution in [2.45, 2.75) is 51.2 Å². The predicted molar refractivity (Wildman–Crippen MR) is 102 cm³/mol. The Hall–Kier alpha value is -1.79. The Morgan fingerprint density at radius 3 is 2.77 bits per heavy atom. The van der Waals surface area contributed by atoms with Crippen molar-refractivity contribution in [3.8, 4) is 11.5 Å². The van der Waals surface area contributed by atoms with Crippen molar-refractivity contribution in [2.75, 3.05) is 27.4 Å². The molecule has 3 N–H and O–H groups in total. The van der Waals surface area contributed by atoms with Crippen LogP contribution in [0.2, 0.25) is 0 Å². The Kier molecular flexibility index (Phi) is 8.19. The predicted octanol–water partition coefficient (Wildman–Crippen LogP) is 2.29. The molecule has 1 saturated carbocycles. The van der Waals surface area contributed by atoms with E-state index in [4.69, 9.17) is 19.9 Å². The lowest BCUT2D eigenvalue weighted by molar-refractivity contribution is -0.127. The molecule has 1 amide bonds. The quantitative estimate of drug-likeness (QED) is 0.702. The van der Waals surface area contributed by atoms with E-state index in [0.29, 0.717) is 19.6 Å². The number of carbonyl (C=O) groups is 1. The molecule has 6 nitrogen and oxygen atoms in total. The van der Waals surface area contributed by atoms with E-state index in [2.05, 4.69) is 12.2 Å². The Morgan fingerprint density at radius 1 is 1.27 bits per heavy atom. The molecular weight excluding hydrogens is 332 g/mol. The maximum absolute atomic E-state index is 12.4. The van der Waals surface area contributed by atoms with Gasteiger partial charge >= 0.3 is 0 Å². The van der Waals surface area contributed by atoms with Crippen LogP contribution in [0, 0.1) is 5.92 Å². The van der Waals surface area contributed by atoms with Crippen molar-refractivity contribution in [1.82, 2.24) is 5.32 Å². The molecule has 1 aliphatic carbocycles. The van der Waals surface area contributed by atoms with Gasteiger partial charge in [-0.05, 0) is 49.8 Å². The first kappa shape index (κ1) is 20.5. The molecule has 6 heteroatoms. The lowest BCUT2D eigenvalue weighted by atomic mass is 9.83. The minimum absolute atomic E-state index is 0.0147. The minimum atomic E-state index is -0.0283. The molecule has 1 aromatic rings. The normalized spacial score (nSPS) is 22.7. The van der Waals surface area contributed by atoms with Crippen molar-refractivity contribution in [2.24, 2.45) is 11.7 Å². The SMILES string of the molecule is CCCOc1ccc(CCNC(=O)[C@H]2CC[C@H](N)[C@@H](OC)C2)cc1OC. The first-order chi connectivity index (χ1) is 12.6. The second-order valence-electron chi connectivity index (χ2n) is 6.82. The third-order valence-corrected chi connectivity index (χ3v) is 4.92. The van der Waals surface area contributed by atoms with Crippen LogP contribution >= 0.6 is 0 Å². The molecule has 0 aromatic heterocycles. The summed E-state index contributed by atoms with van der Waals surface area (Å²) in [6.45, 7) is 3.33. The third-order valence-electron chi connectivity index (χ3n) is 4.92. The van der Waals surface area contributed by atoms with Crippen LogP contribution in [-0.2, 0) is 16.0 Å². The van der Waals surface area contributed by atoms with E-state index in [1.165, 1.54) is 0 Å². The molecule has 2 rings (SSSR count). The highest BCUT2D eigenvalue weighted by atomic mass is 16.5. The molecule has 0 bridgehead atoms. The summed E-state index contributed by atoms with van der Waals surface area (Å²) in [6.07, 6.45) is 4.01. The zero-order valence-corrected chi connectivity index (χ0v) is 16.1. The summed E-state index contributed by atoms with van der Waals surface area (Å²) < 4.78 is 16.5. The van der Waals surface area contributed by atoms with Crippen LogP contribution in [0.1, 0.15) is 38.2 Å². The summed E-state index contributed by atoms with van der Waals surface area (Å²) in [5.41, 5.74) is 7.12. The number of benzene rings is 1. The monoisotopic (exact) mass is 364 g/mol. The summed E-state index contributed by atoms with van der Waals surface area (Å²) in [5.74, 6) is 1.56. The van der Waals surface area contributed by atoms with E-state index >= 15 is 0 Å². The Labute approximate surface area is 156 Å². The average Bonchev–Trinajstić information content (AvgIpc) is 2.66. The van der Waals surface area contributed by atoms with Crippen molar-refractivity contribution in [3.05, 3.63) is 23.8 Å². The van der Waals surface area contributed by atoms with Gasteiger partial charge in [0.1, 0.15) is 0 Å². The van der Waals surface area contributed by atoms with Gasteiger partial charge in [0.15, 0.2) is 11.5 Å². The molecular formula is C20H32N2O4. The molecule has 26 heavy (non-hydrogen) atoms. The molecule has 1 fully saturated rings. The van der Waals surface area contributed by atoms with Crippen LogP contribution in [0.3, 0.4) is 0 Å². The van der Waals surface area contributed by atoms with E-state index in [1.807, 2.05) is 18.2 Å². The molecule has 0 radical (unpaired) electrons. The highest BCUT2D eigenvalue weighted by Crippen LogP contribution is 2.28. The Bertz CT molecular complexity index is 579. The number of nitrogens with one attached hydrogen (secondary N) is 1. The van der Waals surface area contributed by atoms with E-state index in [9.17, 15) is 4.79 Å². The maximum atomic E-state index is 12.4. The number of methoxy groups -OCH3 is 2. The van der Waals surface area contributed by atoms with Crippen molar-refractivity contribution >= 4 is 5.91 Å². The number of carbonyl (C=O) groups excluding carboxylic acids is 1. The smallest absolute Gasteiger partial charge is 0.223 e. The highest BCUT2D eigenvalue weighted by Gasteiger charge is 2.31. The third kappa shape index (κ3) is 5.61. The largest absolute Gasteiger partial charge is 0.493 e. The van der Waals surface area contributed by atoms with Gasteiger partial charge in [0, 0.05) is 25.6 Å². The van der Waals surface area contributed by atoms with Crippen LogP contribution in [0.4, 0.5) is 0 Å². The van der Waals surface area contributed by atoms with E-state index in [1.54, 1.807) is 14.2 Å². The fourth-order valence-electron chi connectivity index (χ4n) is 3.33. The van der Waals surface area contributed by atoms with Gasteiger partial charge < -0.3 is 25.3 Å². The van der Waals surface area contributed by atoms with Gasteiger partial charge in [-0.1, -0.05) is 13.0 Å². The first-order valence-electron chi connectivity index (χ1n) is 9.44. The van der Waals surface area contributed by atoms with Crippen LogP contribution in [-0.4, -0.2) is 45.4 Å². The van der Waals surface area contributed by atoms with Gasteiger partial charge in [0.2, 0.25) is 5.91 Å². The molecule has 3 atom stereocenters. The zero-order chi connectivity index (χ0) is 18.9. The van der Waals surface area contributed by atoms with Crippen LogP contribution in [0.15, 0.2) is 18.2 Å². The topological polar surface area (TPSA) is 82.8 Å². The molecule has 0 heterocycles. The fourth-order valence-corrected chi connectivity index (χ4v) is 3.33. The molecule has 0 unspecified atom stereocenters. The summed E-state index contributed by atoms with van der Waals surface area (Å²) in [6, 6.07) is 5.94. The van der Waals surface area contributed by atoms with Crippen molar-refractivity contribution in [1.29, 1.82) is 0 Å². The number of amides is 1. The molecule has 1 aromatic carbocycles. The van der Waals surface area contributed by atoms with Gasteiger partial charge in [0.05, 0.1) is 19.8 Å². The van der Waals surface area contributed by atoms with Crippen molar-refractivity contribution in [3.63, 3.8) is 0 Å². The molecule has 146 valence electrons. The molecule has 0 aliphatic heterocycles. The van der Waals surface area contributed by atoms with Gasteiger partial charge in [-0.25, -0.2) is 0 Å². The number of hydrogen-bond acceptors (Lipinski definition) is 5. The fraction of sp³-hybridized carbons (Fsp3) is 0.650. The van der Waals surface area contributed by atoms with Gasteiger partial charge in [0.25, 0.3) is 0 Å². The van der Waals surface area contributed by atoms with Crippen LogP contribution in [0.5, 0.6) is 11.5 Å². The Morgan fingerprint density at radius 2 is 2.08 bits per heavy atom. The van der Waals surface area contributed by atoms with Gasteiger partial charge in [-0.15, -0.1) is 0 Å². The summed E-state index contributed by atoms with van der Waals surface area (Å²) >= 11 is 0. The van der Waals surface area contributed by atoms with Gasteiger partial charge in [-0.3, -0.25) is 4.79 Å². The second kappa shape index (κ2) is 10.4. The number of nitrogens with two attached hydrogens (primary N) is 1. The number of ether oxygens (including phenoxy) is 3. The van der Waals surface area contributed by atoms with E-state index < -0.39 is 0 Å². The highest BCUT2D eigenvalue weighted by molar-refractivity contribution is 5.78. The minimum Gasteiger partial charge on any atom is -0.493 e. The summed E-state index contributed by atoms with van der Waals surface area (Å²) in [7, 11) is 3.30. The zero-order valence-electron chi connectivity index (χ0n) is 16.1. The molecule has 0 spiro atoms. The lowest BCUT2D eigenvalue weighted by Crippen LogP contribution is -2.45. The van der Waals surface area contributed by atoms with E-state index in [-0.39, 0.29) is 24.0 Å². The van der Waals surface area contributed by atoms with Crippen molar-refractivity contribution < 1.29 is 19.0 Å². The number of hydrogen-bond donors (Lipinski definition) is 2. The van der Waals surface area contributed by atoms with Gasteiger partial charge in [-0.2, -0.15) is 0 Å². The van der Waals surface area contributed by atoms with Crippen LogP contribution in [0.25, 0.3) is 0 Å². The molecule has 1 aliphatic rings. The van der Waals surface area contributed by atoms with Crippen LogP contribution < -0.4 is 20.5 Å². The van der Waals surface area contributed by atoms with E-state index in [0.717, 1.165) is 42.7 Å². The molecule has 0 saturated heterocycles. The first-order valence-corrected chi connectivity index (χ1v) is 9.44. The second-order valence-corrected chi connectivity index (χ2v) is 6.82. The summed E-state index contributed by atoms with van der Waals surface area (Å²) in [4.78, 5) is 12.4.